The van der Waals surface area contributed by atoms with Crippen molar-refractivity contribution in [1.29, 1.82) is 0 Å². The quantitative estimate of drug-likeness (QED) is 0.372. The van der Waals surface area contributed by atoms with Crippen molar-refractivity contribution in [3.8, 4) is 0 Å². The molecule has 1 saturated carbocycles. The number of ether oxygens (including phenoxy) is 1. The zero-order valence-electron chi connectivity index (χ0n) is 12.4. The van der Waals surface area contributed by atoms with Gasteiger partial charge in [-0.2, -0.15) is 5.10 Å². The molecule has 0 aliphatic heterocycles. The lowest BCUT2D eigenvalue weighted by molar-refractivity contribution is -0.132. The number of hydrazine groups is 1. The lowest BCUT2D eigenvalue weighted by Gasteiger charge is -2.12. The van der Waals surface area contributed by atoms with E-state index in [9.17, 15) is 4.79 Å². The Hall–Kier alpha value is -1.89. The fourth-order valence-electron chi connectivity index (χ4n) is 2.06. The molecule has 118 valence electrons. The van der Waals surface area contributed by atoms with Crippen molar-refractivity contribution in [3.63, 3.8) is 0 Å². The summed E-state index contributed by atoms with van der Waals surface area (Å²) in [6, 6.07) is 7.50. The van der Waals surface area contributed by atoms with Crippen LogP contribution in [0.4, 0.5) is 5.69 Å². The maximum Gasteiger partial charge on any atom is 0.377 e. The molecule has 0 aromatic heterocycles. The molecule has 0 unspecified atom stereocenters. The van der Waals surface area contributed by atoms with E-state index < -0.39 is 5.97 Å². The minimum Gasteiger partial charge on any atom is -0.463 e. The van der Waals surface area contributed by atoms with Gasteiger partial charge in [0.2, 0.25) is 0 Å². The Morgan fingerprint density at radius 1 is 1.18 bits per heavy atom. The second-order valence-electron chi connectivity index (χ2n) is 4.92. The zero-order valence-corrected chi connectivity index (χ0v) is 14.0. The predicted octanol–water partition coefficient (Wildman–Crippen LogP) is 3.26. The van der Waals surface area contributed by atoms with Gasteiger partial charge >= 0.3 is 5.97 Å². The molecular formula is C15H19BrN4O2. The van der Waals surface area contributed by atoms with Gasteiger partial charge in [-0.15, -0.1) is 5.10 Å². The van der Waals surface area contributed by atoms with Crippen LogP contribution >= 0.6 is 15.9 Å². The number of halogens is 1. The summed E-state index contributed by atoms with van der Waals surface area (Å²) in [6.45, 7) is 0. The van der Waals surface area contributed by atoms with Crippen LogP contribution in [-0.2, 0) is 9.53 Å². The van der Waals surface area contributed by atoms with Crippen LogP contribution < -0.4 is 10.9 Å². The van der Waals surface area contributed by atoms with Gasteiger partial charge in [-0.3, -0.25) is 10.9 Å². The molecule has 22 heavy (non-hydrogen) atoms. The van der Waals surface area contributed by atoms with Crippen LogP contribution in [-0.4, -0.2) is 24.6 Å². The summed E-state index contributed by atoms with van der Waals surface area (Å²) in [6.07, 6.45) is 5.38. The summed E-state index contributed by atoms with van der Waals surface area (Å²) >= 11 is 3.37. The number of anilines is 1. The van der Waals surface area contributed by atoms with Crippen molar-refractivity contribution in [2.45, 2.75) is 32.1 Å². The van der Waals surface area contributed by atoms with Crippen LogP contribution in [0.25, 0.3) is 0 Å². The fraction of sp³-hybridized carbons (Fsp3) is 0.400. The van der Waals surface area contributed by atoms with Crippen LogP contribution in [0.3, 0.4) is 0 Å². The second-order valence-corrected chi connectivity index (χ2v) is 5.84. The first-order valence-electron chi connectivity index (χ1n) is 7.18. The molecule has 0 amide bonds. The maximum absolute atomic E-state index is 11.7. The summed E-state index contributed by atoms with van der Waals surface area (Å²) in [5, 5.41) is 8.17. The van der Waals surface area contributed by atoms with E-state index in [4.69, 9.17) is 4.74 Å². The fourth-order valence-corrected chi connectivity index (χ4v) is 2.32. The minimum atomic E-state index is -0.565. The van der Waals surface area contributed by atoms with E-state index in [1.165, 1.54) is 13.5 Å². The predicted molar refractivity (Wildman–Crippen MR) is 90.9 cm³/mol. The topological polar surface area (TPSA) is 75.1 Å². The van der Waals surface area contributed by atoms with Crippen molar-refractivity contribution in [2.75, 3.05) is 12.5 Å². The third-order valence-corrected chi connectivity index (χ3v) is 3.80. The molecule has 7 heteroatoms. The summed E-state index contributed by atoms with van der Waals surface area (Å²) in [7, 11) is 1.31. The number of benzene rings is 1. The van der Waals surface area contributed by atoms with Crippen LogP contribution in [0.15, 0.2) is 38.9 Å². The first-order valence-corrected chi connectivity index (χ1v) is 7.97. The van der Waals surface area contributed by atoms with Crippen molar-refractivity contribution < 1.29 is 9.53 Å². The first kappa shape index (κ1) is 16.5. The number of rotatable bonds is 3. The van der Waals surface area contributed by atoms with Crippen LogP contribution in [0.1, 0.15) is 32.1 Å². The Kier molecular flexibility index (Phi) is 6.39. The largest absolute Gasteiger partial charge is 0.463 e. The van der Waals surface area contributed by atoms with Crippen molar-refractivity contribution in [1.82, 2.24) is 5.43 Å². The van der Waals surface area contributed by atoms with Gasteiger partial charge in [-0.1, -0.05) is 22.4 Å². The second kappa shape index (κ2) is 8.53. The number of hydrogen-bond donors (Lipinski definition) is 2. The molecule has 0 heterocycles. The number of amidine groups is 1. The van der Waals surface area contributed by atoms with Crippen molar-refractivity contribution >= 4 is 39.1 Å². The molecule has 0 radical (unpaired) electrons. The molecule has 0 spiro atoms. The number of nitrogens with zero attached hydrogens (tertiary/aromatic N) is 2. The number of nitrogens with one attached hydrogen (secondary N) is 2. The highest BCUT2D eigenvalue weighted by Crippen LogP contribution is 2.15. The number of carbonyl (C=O) groups excluding carboxylic acids is 1. The molecule has 1 aromatic rings. The van der Waals surface area contributed by atoms with Gasteiger partial charge < -0.3 is 4.74 Å². The average molecular weight is 367 g/mol. The highest BCUT2D eigenvalue weighted by molar-refractivity contribution is 9.10. The van der Waals surface area contributed by atoms with Crippen molar-refractivity contribution in [3.05, 3.63) is 28.7 Å². The Bertz CT molecular complexity index is 561. The summed E-state index contributed by atoms with van der Waals surface area (Å²) < 4.78 is 5.69. The van der Waals surface area contributed by atoms with E-state index in [1.807, 2.05) is 24.3 Å². The molecular weight excluding hydrogens is 348 g/mol. The van der Waals surface area contributed by atoms with E-state index in [0.29, 0.717) is 0 Å². The van der Waals surface area contributed by atoms with Crippen LogP contribution in [0.5, 0.6) is 0 Å². The number of esters is 1. The molecule has 0 saturated heterocycles. The van der Waals surface area contributed by atoms with Gasteiger partial charge in [0.05, 0.1) is 12.8 Å². The SMILES string of the molecule is COC(=O)/C(=N/N=C1CCCCC1)NNc1ccc(Br)cc1. The minimum absolute atomic E-state index is 0.0310. The average Bonchev–Trinajstić information content (AvgIpc) is 2.57. The summed E-state index contributed by atoms with van der Waals surface area (Å²) in [5.41, 5.74) is 7.47. The summed E-state index contributed by atoms with van der Waals surface area (Å²) in [5.74, 6) is -0.534. The van der Waals surface area contributed by atoms with E-state index in [-0.39, 0.29) is 5.84 Å². The highest BCUT2D eigenvalue weighted by Gasteiger charge is 2.12. The van der Waals surface area contributed by atoms with Gasteiger partial charge in [0.25, 0.3) is 5.84 Å². The molecule has 1 aliphatic rings. The zero-order chi connectivity index (χ0) is 15.8. The Labute approximate surface area is 138 Å². The van der Waals surface area contributed by atoms with Gasteiger partial charge in [-0.05, 0) is 49.9 Å². The number of carbonyl (C=O) groups is 1. The van der Waals surface area contributed by atoms with Crippen molar-refractivity contribution in [2.24, 2.45) is 10.2 Å². The van der Waals surface area contributed by atoms with E-state index in [0.717, 1.165) is 41.6 Å². The smallest absolute Gasteiger partial charge is 0.377 e. The third-order valence-electron chi connectivity index (χ3n) is 3.27. The Morgan fingerprint density at radius 3 is 2.50 bits per heavy atom. The Balaban J connectivity index is 2.02. The molecule has 0 bridgehead atoms. The van der Waals surface area contributed by atoms with Gasteiger partial charge in [-0.25, -0.2) is 4.79 Å². The molecule has 1 aliphatic carbocycles. The standard InChI is InChI=1S/C15H19BrN4O2/c1-22-15(21)14(19-17-12-5-3-2-4-6-12)20-18-13-9-7-11(16)8-10-13/h7-10,18H,2-6H2,1H3,(H,19,20). The molecule has 2 rings (SSSR count). The lowest BCUT2D eigenvalue weighted by Crippen LogP contribution is -2.36. The summed E-state index contributed by atoms with van der Waals surface area (Å²) in [4.78, 5) is 11.7. The normalized spacial score (nSPS) is 15.2. The van der Waals surface area contributed by atoms with E-state index in [1.54, 1.807) is 0 Å². The van der Waals surface area contributed by atoms with Crippen LogP contribution in [0, 0.1) is 0 Å². The number of hydrogen-bond acceptors (Lipinski definition) is 5. The highest BCUT2D eigenvalue weighted by atomic mass is 79.9. The van der Waals surface area contributed by atoms with Gasteiger partial charge in [0, 0.05) is 10.2 Å². The molecule has 1 fully saturated rings. The van der Waals surface area contributed by atoms with E-state index >= 15 is 0 Å². The Morgan fingerprint density at radius 2 is 1.86 bits per heavy atom. The van der Waals surface area contributed by atoms with Gasteiger partial charge in [0.15, 0.2) is 0 Å². The van der Waals surface area contributed by atoms with Crippen LogP contribution in [0.2, 0.25) is 0 Å². The molecule has 6 nitrogen and oxygen atoms in total. The molecule has 1 aromatic carbocycles. The monoisotopic (exact) mass is 366 g/mol. The third kappa shape index (κ3) is 5.14. The maximum atomic E-state index is 11.7. The number of methoxy groups -OCH3 is 1. The first-order chi connectivity index (χ1) is 10.7. The molecule has 2 N–H and O–H groups in total. The van der Waals surface area contributed by atoms with Gasteiger partial charge in [0.1, 0.15) is 0 Å². The molecule has 0 atom stereocenters. The lowest BCUT2D eigenvalue weighted by atomic mass is 9.99. The van der Waals surface area contributed by atoms with E-state index in [2.05, 4.69) is 37.0 Å².